The summed E-state index contributed by atoms with van der Waals surface area (Å²) in [5, 5.41) is 0. The third kappa shape index (κ3) is 1.44. The van der Waals surface area contributed by atoms with E-state index in [-0.39, 0.29) is 11.8 Å². The van der Waals surface area contributed by atoms with E-state index in [4.69, 9.17) is 0 Å². The fourth-order valence-electron chi connectivity index (χ4n) is 1.82. The SMILES string of the molecule is CN1CCC(c2ccccc2)C1=O. The van der Waals surface area contributed by atoms with Gasteiger partial charge < -0.3 is 4.90 Å². The first-order chi connectivity index (χ1) is 6.29. The van der Waals surface area contributed by atoms with Gasteiger partial charge in [0.25, 0.3) is 0 Å². The van der Waals surface area contributed by atoms with Crippen molar-refractivity contribution in [3.63, 3.8) is 0 Å². The number of carbonyl (C=O) groups excluding carboxylic acids is 1. The Bertz CT molecular complexity index is 307. The topological polar surface area (TPSA) is 20.3 Å². The highest BCUT2D eigenvalue weighted by Crippen LogP contribution is 2.26. The zero-order valence-corrected chi connectivity index (χ0v) is 7.73. The van der Waals surface area contributed by atoms with E-state index in [1.165, 1.54) is 0 Å². The first-order valence-electron chi connectivity index (χ1n) is 4.59. The predicted octanol–water partition coefficient (Wildman–Crippen LogP) is 1.63. The molecule has 2 rings (SSSR count). The molecule has 68 valence electrons. The van der Waals surface area contributed by atoms with Crippen molar-refractivity contribution < 1.29 is 4.79 Å². The molecule has 2 heteroatoms. The van der Waals surface area contributed by atoms with Gasteiger partial charge in [-0.1, -0.05) is 30.3 Å². The van der Waals surface area contributed by atoms with Crippen LogP contribution in [0, 0.1) is 0 Å². The van der Waals surface area contributed by atoms with E-state index in [0.29, 0.717) is 0 Å². The lowest BCUT2D eigenvalue weighted by molar-refractivity contribution is -0.127. The summed E-state index contributed by atoms with van der Waals surface area (Å²) in [7, 11) is 1.87. The Morgan fingerprint density at radius 1 is 1.31 bits per heavy atom. The molecule has 1 aromatic carbocycles. The molecule has 2 nitrogen and oxygen atoms in total. The number of hydrogen-bond donors (Lipinski definition) is 0. The second kappa shape index (κ2) is 3.21. The fourth-order valence-corrected chi connectivity index (χ4v) is 1.82. The summed E-state index contributed by atoms with van der Waals surface area (Å²) < 4.78 is 0. The monoisotopic (exact) mass is 175 g/mol. The van der Waals surface area contributed by atoms with Crippen LogP contribution >= 0.6 is 0 Å². The Morgan fingerprint density at radius 2 is 2.00 bits per heavy atom. The van der Waals surface area contributed by atoms with Crippen LogP contribution in [0.4, 0.5) is 0 Å². The molecule has 1 unspecified atom stereocenters. The van der Waals surface area contributed by atoms with Gasteiger partial charge in [-0.2, -0.15) is 0 Å². The Labute approximate surface area is 78.2 Å². The van der Waals surface area contributed by atoms with Crippen LogP contribution in [0.5, 0.6) is 0 Å². The van der Waals surface area contributed by atoms with E-state index in [9.17, 15) is 4.79 Å². The minimum absolute atomic E-state index is 0.103. The molecular weight excluding hydrogens is 162 g/mol. The maximum Gasteiger partial charge on any atom is 0.229 e. The molecule has 1 fully saturated rings. The molecule has 1 atom stereocenters. The zero-order valence-electron chi connectivity index (χ0n) is 7.73. The molecular formula is C11H13NO. The Kier molecular flexibility index (Phi) is 2.05. The van der Waals surface area contributed by atoms with E-state index < -0.39 is 0 Å². The largest absolute Gasteiger partial charge is 0.345 e. The first-order valence-corrected chi connectivity index (χ1v) is 4.59. The van der Waals surface area contributed by atoms with Crippen molar-refractivity contribution in [3.8, 4) is 0 Å². The lowest BCUT2D eigenvalue weighted by Crippen LogP contribution is -2.21. The number of carbonyl (C=O) groups is 1. The van der Waals surface area contributed by atoms with E-state index in [1.54, 1.807) is 4.90 Å². The van der Waals surface area contributed by atoms with Crippen molar-refractivity contribution >= 4 is 5.91 Å². The molecule has 1 aliphatic heterocycles. The van der Waals surface area contributed by atoms with Crippen LogP contribution in [0.2, 0.25) is 0 Å². The molecule has 0 spiro atoms. The van der Waals surface area contributed by atoms with Gasteiger partial charge in [0.2, 0.25) is 5.91 Å². The Hall–Kier alpha value is -1.31. The lowest BCUT2D eigenvalue weighted by Gasteiger charge is -2.09. The van der Waals surface area contributed by atoms with Crippen LogP contribution in [0.1, 0.15) is 17.9 Å². The van der Waals surface area contributed by atoms with Crippen molar-refractivity contribution in [1.29, 1.82) is 0 Å². The highest BCUT2D eigenvalue weighted by atomic mass is 16.2. The lowest BCUT2D eigenvalue weighted by atomic mass is 9.98. The third-order valence-corrected chi connectivity index (χ3v) is 2.63. The second-order valence-electron chi connectivity index (χ2n) is 3.51. The minimum atomic E-state index is 0.103. The summed E-state index contributed by atoms with van der Waals surface area (Å²) in [6.07, 6.45) is 0.958. The molecule has 0 aliphatic carbocycles. The number of rotatable bonds is 1. The Morgan fingerprint density at radius 3 is 2.54 bits per heavy atom. The average molecular weight is 175 g/mol. The summed E-state index contributed by atoms with van der Waals surface area (Å²) in [5.74, 6) is 0.359. The molecule has 1 saturated heterocycles. The van der Waals surface area contributed by atoms with Gasteiger partial charge in [-0.15, -0.1) is 0 Å². The van der Waals surface area contributed by atoms with Gasteiger partial charge in [0.15, 0.2) is 0 Å². The number of benzene rings is 1. The highest BCUT2D eigenvalue weighted by Gasteiger charge is 2.29. The fraction of sp³-hybridized carbons (Fsp3) is 0.364. The molecule has 0 bridgehead atoms. The predicted molar refractivity (Wildman–Crippen MR) is 51.4 cm³/mol. The second-order valence-corrected chi connectivity index (χ2v) is 3.51. The maximum absolute atomic E-state index is 11.6. The number of amides is 1. The van der Waals surface area contributed by atoms with Gasteiger partial charge in [-0.25, -0.2) is 0 Å². The third-order valence-electron chi connectivity index (χ3n) is 2.63. The molecule has 0 saturated carbocycles. The van der Waals surface area contributed by atoms with Crippen molar-refractivity contribution in [2.75, 3.05) is 13.6 Å². The molecule has 1 aliphatic rings. The van der Waals surface area contributed by atoms with Gasteiger partial charge in [0, 0.05) is 13.6 Å². The van der Waals surface area contributed by atoms with Crippen LogP contribution in [0.25, 0.3) is 0 Å². The van der Waals surface area contributed by atoms with Crippen LogP contribution in [-0.4, -0.2) is 24.4 Å². The molecule has 1 aromatic rings. The van der Waals surface area contributed by atoms with Crippen molar-refractivity contribution in [3.05, 3.63) is 35.9 Å². The van der Waals surface area contributed by atoms with Gasteiger partial charge in [0.05, 0.1) is 5.92 Å². The molecule has 1 heterocycles. The number of likely N-dealkylation sites (N-methyl/N-ethyl adjacent to an activating group) is 1. The highest BCUT2D eigenvalue weighted by molar-refractivity contribution is 5.85. The average Bonchev–Trinajstić information content (AvgIpc) is 2.49. The van der Waals surface area contributed by atoms with Crippen LogP contribution in [-0.2, 0) is 4.79 Å². The minimum Gasteiger partial charge on any atom is -0.345 e. The summed E-state index contributed by atoms with van der Waals surface area (Å²) in [6, 6.07) is 10.0. The molecule has 0 N–H and O–H groups in total. The summed E-state index contributed by atoms with van der Waals surface area (Å²) >= 11 is 0. The maximum atomic E-state index is 11.6. The molecule has 0 aromatic heterocycles. The molecule has 1 amide bonds. The summed E-state index contributed by atoms with van der Waals surface area (Å²) in [4.78, 5) is 13.4. The van der Waals surface area contributed by atoms with E-state index in [1.807, 2.05) is 37.4 Å². The van der Waals surface area contributed by atoms with E-state index in [0.717, 1.165) is 18.5 Å². The zero-order chi connectivity index (χ0) is 9.26. The van der Waals surface area contributed by atoms with Gasteiger partial charge in [-0.3, -0.25) is 4.79 Å². The first kappa shape index (κ1) is 8.30. The summed E-state index contributed by atoms with van der Waals surface area (Å²) in [6.45, 7) is 0.887. The van der Waals surface area contributed by atoms with Crippen molar-refractivity contribution in [1.82, 2.24) is 4.90 Å². The van der Waals surface area contributed by atoms with Crippen molar-refractivity contribution in [2.45, 2.75) is 12.3 Å². The van der Waals surface area contributed by atoms with Gasteiger partial charge >= 0.3 is 0 Å². The quantitative estimate of drug-likeness (QED) is 0.635. The van der Waals surface area contributed by atoms with Gasteiger partial charge in [0.1, 0.15) is 0 Å². The number of likely N-dealkylation sites (tertiary alicyclic amines) is 1. The number of nitrogens with zero attached hydrogens (tertiary/aromatic N) is 1. The molecule has 0 radical (unpaired) electrons. The number of hydrogen-bond acceptors (Lipinski definition) is 1. The standard InChI is InChI=1S/C11H13NO/c1-12-8-7-10(11(12)13)9-5-3-2-4-6-9/h2-6,10H,7-8H2,1H3. The summed E-state index contributed by atoms with van der Waals surface area (Å²) in [5.41, 5.74) is 1.15. The van der Waals surface area contributed by atoms with Crippen LogP contribution in [0.3, 0.4) is 0 Å². The van der Waals surface area contributed by atoms with Gasteiger partial charge in [-0.05, 0) is 12.0 Å². The van der Waals surface area contributed by atoms with Crippen LogP contribution < -0.4 is 0 Å². The van der Waals surface area contributed by atoms with Crippen LogP contribution in [0.15, 0.2) is 30.3 Å². The normalized spacial score (nSPS) is 22.4. The van der Waals surface area contributed by atoms with E-state index in [2.05, 4.69) is 0 Å². The van der Waals surface area contributed by atoms with Crippen molar-refractivity contribution in [2.24, 2.45) is 0 Å². The Balaban J connectivity index is 2.24. The smallest absolute Gasteiger partial charge is 0.229 e. The molecule has 13 heavy (non-hydrogen) atoms. The van der Waals surface area contributed by atoms with E-state index >= 15 is 0 Å².